The molecule has 0 bridgehead atoms. The molecule has 2 aromatic heterocycles. The maximum absolute atomic E-state index is 15.4. The predicted octanol–water partition coefficient (Wildman–Crippen LogP) is 4.03. The summed E-state index contributed by atoms with van der Waals surface area (Å²) in [6.07, 6.45) is 2.62. The highest BCUT2D eigenvalue weighted by Gasteiger charge is 2.25. The Bertz CT molecular complexity index is 1520. The largest absolute Gasteiger partial charge is 0.474 e. The number of nitrogens with zero attached hydrogens (tertiary/aromatic N) is 3. The Kier molecular flexibility index (Phi) is 6.96. The zero-order valence-electron chi connectivity index (χ0n) is 18.1. The number of nitrogens with two attached hydrogens (primary N) is 1. The minimum absolute atomic E-state index is 0.0139. The van der Waals surface area contributed by atoms with Crippen molar-refractivity contribution in [3.63, 3.8) is 0 Å². The van der Waals surface area contributed by atoms with Crippen molar-refractivity contribution in [2.24, 2.45) is 0 Å². The van der Waals surface area contributed by atoms with Crippen molar-refractivity contribution in [3.05, 3.63) is 65.4 Å². The third-order valence-electron chi connectivity index (χ3n) is 4.82. The zero-order chi connectivity index (χ0) is 25.2. The van der Waals surface area contributed by atoms with Crippen molar-refractivity contribution in [2.45, 2.75) is 4.90 Å². The van der Waals surface area contributed by atoms with Crippen LogP contribution < -0.4 is 15.2 Å². The Hall–Kier alpha value is -3.61. The van der Waals surface area contributed by atoms with Crippen molar-refractivity contribution < 1.29 is 26.7 Å². The molecular weight excluding hydrogens is 504 g/mol. The van der Waals surface area contributed by atoms with Gasteiger partial charge in [-0.15, -0.1) is 0 Å². The fourth-order valence-corrected chi connectivity index (χ4v) is 4.63. The average molecular weight is 522 g/mol. The van der Waals surface area contributed by atoms with Crippen molar-refractivity contribution in [1.82, 2.24) is 15.0 Å². The highest BCUT2D eigenvalue weighted by Crippen LogP contribution is 2.34. The van der Waals surface area contributed by atoms with Crippen LogP contribution in [-0.2, 0) is 14.8 Å². The molecule has 0 fully saturated rings. The topological polar surface area (TPSA) is 129 Å². The third kappa shape index (κ3) is 5.24. The fourth-order valence-electron chi connectivity index (χ4n) is 3.23. The van der Waals surface area contributed by atoms with E-state index in [0.29, 0.717) is 10.9 Å². The van der Waals surface area contributed by atoms with Gasteiger partial charge in [-0.05, 0) is 35.9 Å². The smallest absolute Gasteiger partial charge is 0.267 e. The number of rotatable bonds is 8. The molecule has 0 spiro atoms. The quantitative estimate of drug-likeness (QED) is 0.332. The number of nitrogen functional groups attached to an aromatic ring is 1. The van der Waals surface area contributed by atoms with Gasteiger partial charge < -0.3 is 15.2 Å². The van der Waals surface area contributed by atoms with E-state index in [1.54, 1.807) is 0 Å². The molecule has 0 unspecified atom stereocenters. The number of nitrogens with one attached hydrogen (secondary N) is 1. The number of sulfonamides is 1. The van der Waals surface area contributed by atoms with Crippen LogP contribution in [0.1, 0.15) is 0 Å². The summed E-state index contributed by atoms with van der Waals surface area (Å²) < 4.78 is 68.7. The molecule has 0 radical (unpaired) electrons. The van der Waals surface area contributed by atoms with Gasteiger partial charge in [-0.2, -0.15) is 0 Å². The Morgan fingerprint density at radius 3 is 2.66 bits per heavy atom. The summed E-state index contributed by atoms with van der Waals surface area (Å²) in [6, 6.07) is 7.47. The number of hydrogen-bond donors (Lipinski definition) is 2. The summed E-state index contributed by atoms with van der Waals surface area (Å²) >= 11 is 5.93. The second kappa shape index (κ2) is 9.94. The van der Waals surface area contributed by atoms with Gasteiger partial charge >= 0.3 is 0 Å². The van der Waals surface area contributed by atoms with E-state index in [9.17, 15) is 12.8 Å². The van der Waals surface area contributed by atoms with Gasteiger partial charge in [0.15, 0.2) is 10.7 Å². The highest BCUT2D eigenvalue weighted by molar-refractivity contribution is 7.92. The van der Waals surface area contributed by atoms with Crippen molar-refractivity contribution >= 4 is 44.2 Å². The molecular formula is C22H18ClF2N5O4S. The molecule has 4 rings (SSSR count). The van der Waals surface area contributed by atoms with Gasteiger partial charge in [-0.1, -0.05) is 17.7 Å². The van der Waals surface area contributed by atoms with Gasteiger partial charge in [0.05, 0.1) is 28.4 Å². The van der Waals surface area contributed by atoms with Gasteiger partial charge in [0.2, 0.25) is 11.8 Å². The summed E-state index contributed by atoms with van der Waals surface area (Å²) in [6.45, 7) is 0.191. The lowest BCUT2D eigenvalue weighted by molar-refractivity contribution is 0.142. The van der Waals surface area contributed by atoms with E-state index in [2.05, 4.69) is 19.7 Å². The molecule has 3 N–H and O–H groups in total. The molecule has 0 aliphatic rings. The molecule has 9 nitrogen and oxygen atoms in total. The molecule has 182 valence electrons. The number of fused-ring (bicyclic) bond motifs is 1. The normalized spacial score (nSPS) is 11.5. The van der Waals surface area contributed by atoms with E-state index < -0.39 is 37.8 Å². The lowest BCUT2D eigenvalue weighted by Gasteiger charge is -2.15. The molecule has 2 heterocycles. The Morgan fingerprint density at radius 1 is 1.09 bits per heavy atom. The lowest BCUT2D eigenvalue weighted by atomic mass is 10.0. The van der Waals surface area contributed by atoms with Crippen LogP contribution in [0.5, 0.6) is 5.88 Å². The molecule has 0 saturated carbocycles. The second-order valence-corrected chi connectivity index (χ2v) is 9.28. The first kappa shape index (κ1) is 24.5. The standard InChI is InChI=1S/C22H18ClF2N5O4S/c1-33-6-7-34-21-18(9-14(23)11-27-21)35(31,32)30-17-5-3-15(24)19(20(17)25)12-2-4-16-13(8-12)10-28-22(26)29-16/h2-5,8-11,30H,6-7H2,1H3,(H2,26,28,29). The fraction of sp³-hybridized carbons (Fsp3) is 0.136. The van der Waals surface area contributed by atoms with Gasteiger partial charge in [-0.25, -0.2) is 32.2 Å². The summed E-state index contributed by atoms with van der Waals surface area (Å²) in [4.78, 5) is 11.4. The van der Waals surface area contributed by atoms with E-state index in [1.807, 2.05) is 0 Å². The molecule has 4 aromatic rings. The number of methoxy groups -OCH3 is 1. The van der Waals surface area contributed by atoms with E-state index in [4.69, 9.17) is 26.8 Å². The third-order valence-corrected chi connectivity index (χ3v) is 6.39. The Morgan fingerprint density at radius 2 is 1.89 bits per heavy atom. The maximum Gasteiger partial charge on any atom is 0.267 e. The minimum Gasteiger partial charge on any atom is -0.474 e. The van der Waals surface area contributed by atoms with Crippen molar-refractivity contribution in [3.8, 4) is 17.0 Å². The van der Waals surface area contributed by atoms with Gasteiger partial charge in [0.25, 0.3) is 10.0 Å². The first-order valence-corrected chi connectivity index (χ1v) is 11.9. The predicted molar refractivity (Wildman–Crippen MR) is 127 cm³/mol. The molecule has 2 aromatic carbocycles. The number of anilines is 2. The number of aromatic nitrogens is 3. The molecule has 0 saturated heterocycles. The van der Waals surface area contributed by atoms with Gasteiger partial charge in [0.1, 0.15) is 12.4 Å². The molecule has 0 aliphatic heterocycles. The Labute approximate surface area is 203 Å². The zero-order valence-corrected chi connectivity index (χ0v) is 19.7. The Balaban J connectivity index is 1.73. The number of pyridine rings is 1. The van der Waals surface area contributed by atoms with E-state index in [-0.39, 0.29) is 35.6 Å². The van der Waals surface area contributed by atoms with Crippen LogP contribution in [0.2, 0.25) is 5.02 Å². The van der Waals surface area contributed by atoms with E-state index in [1.165, 1.54) is 37.7 Å². The van der Waals surface area contributed by atoms with Crippen LogP contribution in [0.15, 0.2) is 53.7 Å². The van der Waals surface area contributed by atoms with Crippen LogP contribution >= 0.6 is 11.6 Å². The minimum atomic E-state index is -4.44. The summed E-state index contributed by atoms with van der Waals surface area (Å²) in [5.41, 5.74) is 5.27. The van der Waals surface area contributed by atoms with Gasteiger partial charge in [0, 0.05) is 24.9 Å². The van der Waals surface area contributed by atoms with E-state index >= 15 is 4.39 Å². The number of hydrogen-bond acceptors (Lipinski definition) is 8. The van der Waals surface area contributed by atoms with Crippen molar-refractivity contribution in [2.75, 3.05) is 30.8 Å². The average Bonchev–Trinajstić information content (AvgIpc) is 2.82. The monoisotopic (exact) mass is 521 g/mol. The first-order valence-electron chi connectivity index (χ1n) is 10.0. The molecule has 0 atom stereocenters. The number of benzene rings is 2. The highest BCUT2D eigenvalue weighted by atomic mass is 35.5. The first-order chi connectivity index (χ1) is 16.7. The summed E-state index contributed by atoms with van der Waals surface area (Å²) in [5.74, 6) is -2.22. The summed E-state index contributed by atoms with van der Waals surface area (Å²) in [5, 5.41) is 0.507. The van der Waals surface area contributed by atoms with Crippen LogP contribution in [0, 0.1) is 11.6 Å². The van der Waals surface area contributed by atoms with Crippen molar-refractivity contribution in [1.29, 1.82) is 0 Å². The molecule has 35 heavy (non-hydrogen) atoms. The molecule has 13 heteroatoms. The number of ether oxygens (including phenoxy) is 2. The lowest BCUT2D eigenvalue weighted by Crippen LogP contribution is -2.17. The number of halogens is 3. The summed E-state index contributed by atoms with van der Waals surface area (Å²) in [7, 11) is -2.99. The molecule has 0 amide bonds. The van der Waals surface area contributed by atoms with Crippen LogP contribution in [0.3, 0.4) is 0 Å². The second-order valence-electron chi connectivity index (χ2n) is 7.19. The van der Waals surface area contributed by atoms with Gasteiger partial charge in [-0.3, -0.25) is 4.72 Å². The van der Waals surface area contributed by atoms with Crippen LogP contribution in [0.4, 0.5) is 20.4 Å². The van der Waals surface area contributed by atoms with Crippen LogP contribution in [-0.4, -0.2) is 43.7 Å². The molecule has 0 aliphatic carbocycles. The SMILES string of the molecule is COCCOc1ncc(Cl)cc1S(=O)(=O)Nc1ccc(F)c(-c2ccc3nc(N)ncc3c2)c1F. The van der Waals surface area contributed by atoms with Crippen LogP contribution in [0.25, 0.3) is 22.0 Å². The maximum atomic E-state index is 15.4. The van der Waals surface area contributed by atoms with E-state index in [0.717, 1.165) is 18.2 Å².